The molecule has 2 heterocycles. The monoisotopic (exact) mass is 404 g/mol. The van der Waals surface area contributed by atoms with Gasteiger partial charge in [-0.25, -0.2) is 14.1 Å². The predicted octanol–water partition coefficient (Wildman–Crippen LogP) is 4.37. The summed E-state index contributed by atoms with van der Waals surface area (Å²) in [5.41, 5.74) is 2.33. The third kappa shape index (κ3) is 3.41. The van der Waals surface area contributed by atoms with Gasteiger partial charge in [0.1, 0.15) is 22.9 Å². The fraction of sp³-hybridized carbons (Fsp3) is 0.0870. The zero-order chi connectivity index (χ0) is 21.4. The van der Waals surface area contributed by atoms with Gasteiger partial charge in [-0.2, -0.15) is 0 Å². The quantitative estimate of drug-likeness (QED) is 0.519. The Bertz CT molecular complexity index is 1230. The van der Waals surface area contributed by atoms with E-state index >= 15 is 0 Å². The lowest BCUT2D eigenvalue weighted by Crippen LogP contribution is -2.54. The van der Waals surface area contributed by atoms with E-state index < -0.39 is 23.7 Å². The van der Waals surface area contributed by atoms with Crippen LogP contribution in [0.1, 0.15) is 16.9 Å². The van der Waals surface area contributed by atoms with E-state index in [-0.39, 0.29) is 11.3 Å². The summed E-state index contributed by atoms with van der Waals surface area (Å²) < 4.78 is 19.1. The second-order valence-corrected chi connectivity index (χ2v) is 6.89. The van der Waals surface area contributed by atoms with Crippen LogP contribution in [0.5, 0.6) is 0 Å². The zero-order valence-electron chi connectivity index (χ0n) is 16.2. The van der Waals surface area contributed by atoms with Crippen LogP contribution in [-0.2, 0) is 9.59 Å². The fourth-order valence-electron chi connectivity index (χ4n) is 3.22. The third-order valence-electron chi connectivity index (χ3n) is 4.94. The number of furan rings is 1. The lowest BCUT2D eigenvalue weighted by molar-refractivity contribution is -0.122. The van der Waals surface area contributed by atoms with Crippen molar-refractivity contribution in [2.24, 2.45) is 0 Å². The molecule has 2 aromatic carbocycles. The molecular weight excluding hydrogens is 387 g/mol. The number of nitrogens with one attached hydrogen (secondary N) is 1. The second-order valence-electron chi connectivity index (χ2n) is 6.89. The van der Waals surface area contributed by atoms with Gasteiger partial charge in [0.15, 0.2) is 0 Å². The summed E-state index contributed by atoms with van der Waals surface area (Å²) in [6, 6.07) is 13.5. The van der Waals surface area contributed by atoms with Gasteiger partial charge in [0.25, 0.3) is 11.8 Å². The molecule has 0 saturated carbocycles. The number of carbonyl (C=O) groups is 3. The molecule has 0 unspecified atom stereocenters. The molecule has 150 valence electrons. The molecule has 0 atom stereocenters. The lowest BCUT2D eigenvalue weighted by Gasteiger charge is -2.27. The van der Waals surface area contributed by atoms with E-state index in [9.17, 15) is 18.8 Å². The van der Waals surface area contributed by atoms with Crippen molar-refractivity contribution >= 4 is 29.6 Å². The maximum absolute atomic E-state index is 13.4. The molecule has 1 fully saturated rings. The van der Waals surface area contributed by atoms with Crippen molar-refractivity contribution in [3.05, 3.63) is 82.9 Å². The largest absolute Gasteiger partial charge is 0.457 e. The average molecular weight is 404 g/mol. The molecule has 4 amide bonds. The van der Waals surface area contributed by atoms with E-state index in [1.54, 1.807) is 43.3 Å². The summed E-state index contributed by atoms with van der Waals surface area (Å²) in [4.78, 5) is 38.7. The Kier molecular flexibility index (Phi) is 4.79. The highest BCUT2D eigenvalue weighted by atomic mass is 19.1. The Hall–Kier alpha value is -4.00. The van der Waals surface area contributed by atoms with Crippen LogP contribution in [0, 0.1) is 19.7 Å². The highest BCUT2D eigenvalue weighted by Crippen LogP contribution is 2.28. The van der Waals surface area contributed by atoms with Crippen molar-refractivity contribution < 1.29 is 23.2 Å². The first-order valence-electron chi connectivity index (χ1n) is 9.18. The number of urea groups is 1. The minimum atomic E-state index is -0.810. The molecule has 0 spiro atoms. The predicted molar refractivity (Wildman–Crippen MR) is 109 cm³/mol. The second kappa shape index (κ2) is 7.44. The van der Waals surface area contributed by atoms with Gasteiger partial charge in [-0.15, -0.1) is 0 Å². The van der Waals surface area contributed by atoms with E-state index in [0.717, 1.165) is 16.0 Å². The van der Waals surface area contributed by atoms with Crippen LogP contribution in [0.15, 0.2) is 64.6 Å². The molecule has 4 rings (SSSR count). The Morgan fingerprint density at radius 3 is 2.53 bits per heavy atom. The number of hydrogen-bond acceptors (Lipinski definition) is 4. The average Bonchev–Trinajstić information content (AvgIpc) is 3.17. The van der Waals surface area contributed by atoms with Gasteiger partial charge in [0.2, 0.25) is 0 Å². The molecule has 0 bridgehead atoms. The van der Waals surface area contributed by atoms with E-state index in [1.807, 2.05) is 13.0 Å². The Morgan fingerprint density at radius 1 is 1.00 bits per heavy atom. The van der Waals surface area contributed by atoms with Gasteiger partial charge >= 0.3 is 6.03 Å². The SMILES string of the molecule is Cc1cccc(N2C(=O)NC(=O)/C(=C\c3ccc(-c4cccc(F)c4)o3)C2=O)c1C. The van der Waals surface area contributed by atoms with Crippen molar-refractivity contribution in [2.75, 3.05) is 4.90 Å². The van der Waals surface area contributed by atoms with Crippen LogP contribution in [0.4, 0.5) is 14.9 Å². The fourth-order valence-corrected chi connectivity index (χ4v) is 3.22. The molecule has 3 aromatic rings. The van der Waals surface area contributed by atoms with Gasteiger partial charge in [0.05, 0.1) is 5.69 Å². The van der Waals surface area contributed by atoms with Crippen molar-refractivity contribution in [3.63, 3.8) is 0 Å². The molecule has 1 N–H and O–H groups in total. The van der Waals surface area contributed by atoms with E-state index in [1.165, 1.54) is 18.2 Å². The normalized spacial score (nSPS) is 15.6. The Balaban J connectivity index is 1.71. The minimum Gasteiger partial charge on any atom is -0.457 e. The molecule has 7 heteroatoms. The van der Waals surface area contributed by atoms with Gasteiger partial charge < -0.3 is 4.42 Å². The molecule has 30 heavy (non-hydrogen) atoms. The van der Waals surface area contributed by atoms with E-state index in [4.69, 9.17) is 4.42 Å². The van der Waals surface area contributed by atoms with Crippen LogP contribution in [0.2, 0.25) is 0 Å². The van der Waals surface area contributed by atoms with Gasteiger partial charge in [-0.3, -0.25) is 14.9 Å². The van der Waals surface area contributed by atoms with Crippen molar-refractivity contribution in [2.45, 2.75) is 13.8 Å². The van der Waals surface area contributed by atoms with Crippen LogP contribution in [0.3, 0.4) is 0 Å². The lowest BCUT2D eigenvalue weighted by atomic mass is 10.0. The number of barbiturate groups is 1. The number of amides is 4. The highest BCUT2D eigenvalue weighted by Gasteiger charge is 2.37. The first-order chi connectivity index (χ1) is 14.3. The number of aryl methyl sites for hydroxylation is 1. The van der Waals surface area contributed by atoms with Crippen molar-refractivity contribution in [1.29, 1.82) is 0 Å². The van der Waals surface area contributed by atoms with Crippen molar-refractivity contribution in [3.8, 4) is 11.3 Å². The first-order valence-corrected chi connectivity index (χ1v) is 9.18. The molecule has 1 aromatic heterocycles. The summed E-state index contributed by atoms with van der Waals surface area (Å²) in [6.07, 6.45) is 1.27. The van der Waals surface area contributed by atoms with Crippen LogP contribution in [-0.4, -0.2) is 17.8 Å². The van der Waals surface area contributed by atoms with E-state index in [2.05, 4.69) is 5.32 Å². The molecular formula is C23H17FN2O4. The topological polar surface area (TPSA) is 79.6 Å². The number of rotatable bonds is 3. The summed E-state index contributed by atoms with van der Waals surface area (Å²) in [7, 11) is 0. The Labute approximate surface area is 171 Å². The summed E-state index contributed by atoms with van der Waals surface area (Å²) in [5.74, 6) is -1.36. The number of nitrogens with zero attached hydrogens (tertiary/aromatic N) is 1. The summed E-state index contributed by atoms with van der Waals surface area (Å²) in [5, 5.41) is 2.19. The van der Waals surface area contributed by atoms with Crippen molar-refractivity contribution in [1.82, 2.24) is 5.32 Å². The number of imide groups is 2. The Morgan fingerprint density at radius 2 is 1.77 bits per heavy atom. The van der Waals surface area contributed by atoms with E-state index in [0.29, 0.717) is 17.0 Å². The molecule has 0 aliphatic carbocycles. The smallest absolute Gasteiger partial charge is 0.335 e. The molecule has 1 saturated heterocycles. The third-order valence-corrected chi connectivity index (χ3v) is 4.94. The summed E-state index contributed by atoms with van der Waals surface area (Å²) >= 11 is 0. The van der Waals surface area contributed by atoms with Gasteiger partial charge in [0, 0.05) is 5.56 Å². The number of halogens is 1. The number of anilines is 1. The standard InChI is InChI=1S/C23H17FN2O4/c1-13-5-3-8-19(14(13)2)26-22(28)18(21(27)25-23(26)29)12-17-9-10-20(30-17)15-6-4-7-16(24)11-15/h3-12H,1-2H3,(H,25,27,29)/b18-12+. The maximum atomic E-state index is 13.4. The summed E-state index contributed by atoms with van der Waals surface area (Å²) in [6.45, 7) is 3.66. The minimum absolute atomic E-state index is 0.225. The number of benzene rings is 2. The zero-order valence-corrected chi connectivity index (χ0v) is 16.2. The molecule has 6 nitrogen and oxygen atoms in total. The number of hydrogen-bond donors (Lipinski definition) is 1. The van der Waals surface area contributed by atoms with Gasteiger partial charge in [-0.1, -0.05) is 24.3 Å². The molecule has 1 aliphatic heterocycles. The van der Waals surface area contributed by atoms with Crippen LogP contribution in [0.25, 0.3) is 17.4 Å². The maximum Gasteiger partial charge on any atom is 0.335 e. The first kappa shape index (κ1) is 19.3. The highest BCUT2D eigenvalue weighted by molar-refractivity contribution is 6.39. The molecule has 1 aliphatic rings. The van der Waals surface area contributed by atoms with Crippen LogP contribution >= 0.6 is 0 Å². The molecule has 0 radical (unpaired) electrons. The van der Waals surface area contributed by atoms with Crippen LogP contribution < -0.4 is 10.2 Å². The van der Waals surface area contributed by atoms with Gasteiger partial charge in [-0.05, 0) is 61.4 Å². The number of carbonyl (C=O) groups excluding carboxylic acids is 3.